The predicted octanol–water partition coefficient (Wildman–Crippen LogP) is 0.792. The van der Waals surface area contributed by atoms with Gasteiger partial charge in [0.25, 0.3) is 0 Å². The Morgan fingerprint density at radius 1 is 1.26 bits per heavy atom. The molecular weight excluding hydrogens is 314 g/mol. The van der Waals surface area contributed by atoms with E-state index in [1.807, 2.05) is 14.0 Å². The van der Waals surface area contributed by atoms with E-state index in [0.29, 0.717) is 24.8 Å². The Bertz CT molecular complexity index is 860. The first-order valence-corrected chi connectivity index (χ1v) is 9.45. The van der Waals surface area contributed by atoms with E-state index >= 15 is 0 Å². The van der Waals surface area contributed by atoms with Crippen LogP contribution in [-0.2, 0) is 17.1 Å². The van der Waals surface area contributed by atoms with Crippen molar-refractivity contribution in [1.29, 1.82) is 0 Å². The van der Waals surface area contributed by atoms with Gasteiger partial charge in [-0.2, -0.15) is 9.40 Å². The highest BCUT2D eigenvalue weighted by molar-refractivity contribution is 7.89. The van der Waals surface area contributed by atoms with E-state index in [1.165, 1.54) is 6.20 Å². The minimum atomic E-state index is -3.51. The van der Waals surface area contributed by atoms with E-state index in [2.05, 4.69) is 15.4 Å². The summed E-state index contributed by atoms with van der Waals surface area (Å²) in [7, 11) is -1.70. The number of aryl methyl sites for hydroxylation is 2. The molecule has 2 aliphatic heterocycles. The van der Waals surface area contributed by atoms with Crippen molar-refractivity contribution in [1.82, 2.24) is 24.4 Å². The molecule has 2 saturated heterocycles. The van der Waals surface area contributed by atoms with Crippen LogP contribution in [0.3, 0.4) is 0 Å². The van der Waals surface area contributed by atoms with Gasteiger partial charge < -0.3 is 5.32 Å². The quantitative estimate of drug-likeness (QED) is 0.878. The van der Waals surface area contributed by atoms with Gasteiger partial charge >= 0.3 is 0 Å². The first kappa shape index (κ1) is 15.0. The van der Waals surface area contributed by atoms with Crippen LogP contribution >= 0.6 is 0 Å². The standard InChI is InChI=1S/C15H21N5O2S/c1-10-14-7-13(8-16-15(14)19(2)18-10)23(21,22)20-6-5-11-3-4-12(9-20)17-11/h7-8,11-12,17H,3-6,9H2,1-2H3. The number of nitrogens with zero attached hydrogens (tertiary/aromatic N) is 4. The van der Waals surface area contributed by atoms with Crippen LogP contribution in [0.25, 0.3) is 11.0 Å². The molecule has 0 spiro atoms. The molecule has 4 rings (SSSR count). The highest BCUT2D eigenvalue weighted by atomic mass is 32.2. The molecule has 8 heteroatoms. The van der Waals surface area contributed by atoms with Gasteiger partial charge in [-0.3, -0.25) is 4.68 Å². The molecule has 2 bridgehead atoms. The molecule has 2 aromatic heterocycles. The van der Waals surface area contributed by atoms with Crippen molar-refractivity contribution in [2.24, 2.45) is 7.05 Å². The predicted molar refractivity (Wildman–Crippen MR) is 86.6 cm³/mol. The van der Waals surface area contributed by atoms with E-state index in [9.17, 15) is 8.42 Å². The van der Waals surface area contributed by atoms with Crippen molar-refractivity contribution in [3.05, 3.63) is 18.0 Å². The number of pyridine rings is 1. The van der Waals surface area contributed by atoms with Crippen molar-refractivity contribution >= 4 is 21.1 Å². The Hall–Kier alpha value is -1.51. The zero-order valence-corrected chi connectivity index (χ0v) is 14.2. The summed E-state index contributed by atoms with van der Waals surface area (Å²) < 4.78 is 29.3. The Balaban J connectivity index is 1.72. The Morgan fingerprint density at radius 3 is 2.87 bits per heavy atom. The summed E-state index contributed by atoms with van der Waals surface area (Å²) >= 11 is 0. The van der Waals surface area contributed by atoms with Crippen LogP contribution in [0.2, 0.25) is 0 Å². The molecule has 1 N–H and O–H groups in total. The maximum absolute atomic E-state index is 13.0. The van der Waals surface area contributed by atoms with Gasteiger partial charge in [0.2, 0.25) is 10.0 Å². The number of sulfonamides is 1. The number of hydrogen-bond acceptors (Lipinski definition) is 5. The molecule has 2 aliphatic rings. The van der Waals surface area contributed by atoms with Gasteiger partial charge in [0, 0.05) is 43.8 Å². The highest BCUT2D eigenvalue weighted by Crippen LogP contribution is 2.26. The van der Waals surface area contributed by atoms with Crippen LogP contribution in [0.5, 0.6) is 0 Å². The van der Waals surface area contributed by atoms with Gasteiger partial charge in [-0.05, 0) is 32.3 Å². The lowest BCUT2D eigenvalue weighted by Crippen LogP contribution is -2.39. The lowest BCUT2D eigenvalue weighted by Gasteiger charge is -2.23. The van der Waals surface area contributed by atoms with Crippen molar-refractivity contribution in [3.63, 3.8) is 0 Å². The van der Waals surface area contributed by atoms with Crippen molar-refractivity contribution < 1.29 is 8.42 Å². The van der Waals surface area contributed by atoms with Crippen molar-refractivity contribution in [2.75, 3.05) is 13.1 Å². The monoisotopic (exact) mass is 335 g/mol. The molecule has 0 amide bonds. The zero-order chi connectivity index (χ0) is 16.2. The van der Waals surface area contributed by atoms with Gasteiger partial charge in [0.15, 0.2) is 5.65 Å². The van der Waals surface area contributed by atoms with Crippen LogP contribution in [0.4, 0.5) is 0 Å². The Morgan fingerprint density at radius 2 is 2.04 bits per heavy atom. The summed E-state index contributed by atoms with van der Waals surface area (Å²) in [5, 5.41) is 8.62. The molecule has 4 heterocycles. The van der Waals surface area contributed by atoms with Crippen molar-refractivity contribution in [3.8, 4) is 0 Å². The first-order valence-electron chi connectivity index (χ1n) is 8.01. The average Bonchev–Trinajstić information content (AvgIpc) is 2.98. The summed E-state index contributed by atoms with van der Waals surface area (Å²) in [6.45, 7) is 2.98. The normalized spacial score (nSPS) is 25.8. The third-order valence-electron chi connectivity index (χ3n) is 4.96. The van der Waals surface area contributed by atoms with E-state index in [0.717, 1.165) is 30.3 Å². The zero-order valence-electron chi connectivity index (χ0n) is 13.4. The Kier molecular flexibility index (Phi) is 3.44. The van der Waals surface area contributed by atoms with E-state index in [-0.39, 0.29) is 10.9 Å². The molecule has 0 radical (unpaired) electrons. The van der Waals surface area contributed by atoms with Crippen molar-refractivity contribution in [2.45, 2.75) is 43.2 Å². The summed E-state index contributed by atoms with van der Waals surface area (Å²) in [5.41, 5.74) is 1.50. The number of nitrogens with one attached hydrogen (secondary N) is 1. The van der Waals surface area contributed by atoms with Crippen LogP contribution in [0, 0.1) is 6.92 Å². The topological polar surface area (TPSA) is 80.1 Å². The Labute approximate surface area is 135 Å². The van der Waals surface area contributed by atoms with E-state index in [4.69, 9.17) is 0 Å². The lowest BCUT2D eigenvalue weighted by molar-refractivity contribution is 0.383. The number of rotatable bonds is 2. The average molecular weight is 335 g/mol. The molecule has 124 valence electrons. The van der Waals surface area contributed by atoms with Gasteiger partial charge in [-0.25, -0.2) is 13.4 Å². The van der Waals surface area contributed by atoms with Gasteiger partial charge in [0.1, 0.15) is 4.90 Å². The molecule has 23 heavy (non-hydrogen) atoms. The second-order valence-electron chi connectivity index (χ2n) is 6.54. The molecule has 0 aliphatic carbocycles. The third kappa shape index (κ3) is 2.45. The van der Waals surface area contributed by atoms with Crippen LogP contribution in [0.15, 0.2) is 17.2 Å². The highest BCUT2D eigenvalue weighted by Gasteiger charge is 2.35. The molecule has 2 unspecified atom stereocenters. The fourth-order valence-electron chi connectivity index (χ4n) is 3.71. The molecule has 7 nitrogen and oxygen atoms in total. The fraction of sp³-hybridized carbons (Fsp3) is 0.600. The summed E-state index contributed by atoms with van der Waals surface area (Å²) in [5.74, 6) is 0. The minimum absolute atomic E-state index is 0.263. The third-order valence-corrected chi connectivity index (χ3v) is 6.79. The van der Waals surface area contributed by atoms with Gasteiger partial charge in [-0.1, -0.05) is 0 Å². The molecule has 2 fully saturated rings. The smallest absolute Gasteiger partial charge is 0.244 e. The number of fused-ring (bicyclic) bond motifs is 3. The first-order chi connectivity index (χ1) is 10.9. The van der Waals surface area contributed by atoms with Crippen LogP contribution in [0.1, 0.15) is 25.0 Å². The van der Waals surface area contributed by atoms with Crippen LogP contribution < -0.4 is 5.32 Å². The summed E-state index contributed by atoms with van der Waals surface area (Å²) in [4.78, 5) is 4.58. The second-order valence-corrected chi connectivity index (χ2v) is 8.48. The molecule has 0 aromatic carbocycles. The number of hydrogen-bond donors (Lipinski definition) is 1. The lowest BCUT2D eigenvalue weighted by atomic mass is 10.1. The summed E-state index contributed by atoms with van der Waals surface area (Å²) in [6.07, 6.45) is 4.53. The molecular formula is C15H21N5O2S. The fourth-order valence-corrected chi connectivity index (χ4v) is 5.18. The number of aromatic nitrogens is 3. The molecule has 2 atom stereocenters. The summed E-state index contributed by atoms with van der Waals surface area (Å²) in [6, 6.07) is 2.44. The maximum atomic E-state index is 13.0. The SMILES string of the molecule is Cc1nn(C)c2ncc(S(=O)(=O)N3CCC4CCC(C3)N4)cc12. The minimum Gasteiger partial charge on any atom is -0.310 e. The van der Waals surface area contributed by atoms with Crippen LogP contribution in [-0.4, -0.2) is 52.7 Å². The van der Waals surface area contributed by atoms with E-state index in [1.54, 1.807) is 15.1 Å². The van der Waals surface area contributed by atoms with E-state index < -0.39 is 10.0 Å². The largest absolute Gasteiger partial charge is 0.310 e. The van der Waals surface area contributed by atoms with Gasteiger partial charge in [0.05, 0.1) is 5.69 Å². The maximum Gasteiger partial charge on any atom is 0.244 e. The molecule has 2 aromatic rings. The molecule has 0 saturated carbocycles. The van der Waals surface area contributed by atoms with Gasteiger partial charge in [-0.15, -0.1) is 0 Å². The second kappa shape index (κ2) is 5.25.